The van der Waals surface area contributed by atoms with Crippen molar-refractivity contribution >= 4 is 39.1 Å². The van der Waals surface area contributed by atoms with Gasteiger partial charge in [0.2, 0.25) is 0 Å². The van der Waals surface area contributed by atoms with Crippen LogP contribution in [0.1, 0.15) is 94.7 Å². The van der Waals surface area contributed by atoms with Crippen LogP contribution in [-0.2, 0) is 30.5 Å². The zero-order valence-electron chi connectivity index (χ0n) is 29.9. The number of carboxylic acid groups (broad SMARTS) is 2. The van der Waals surface area contributed by atoms with Crippen molar-refractivity contribution in [3.63, 3.8) is 0 Å². The van der Waals surface area contributed by atoms with E-state index in [2.05, 4.69) is 23.2 Å². The van der Waals surface area contributed by atoms with Crippen LogP contribution in [-0.4, -0.2) is 45.9 Å². The molecule has 0 fully saturated rings. The highest BCUT2D eigenvalue weighted by molar-refractivity contribution is 7.85. The smallest absolute Gasteiger partial charge is 0.303 e. The van der Waals surface area contributed by atoms with Crippen molar-refractivity contribution in [2.24, 2.45) is 4.99 Å². The number of benzene rings is 2. The van der Waals surface area contributed by atoms with E-state index in [1.54, 1.807) is 12.2 Å². The predicted molar refractivity (Wildman–Crippen MR) is 199 cm³/mol. The van der Waals surface area contributed by atoms with Gasteiger partial charge in [-0.25, -0.2) is 10.1 Å². The first kappa shape index (κ1) is 38.7. The number of rotatable bonds is 15. The molecule has 0 aromatic heterocycles. The molecule has 2 aliphatic heterocycles. The van der Waals surface area contributed by atoms with Crippen molar-refractivity contribution in [1.29, 1.82) is 5.26 Å². The molecular formula is C40H42N4O8S. The summed E-state index contributed by atoms with van der Waals surface area (Å²) >= 11 is 0. The highest BCUT2D eigenvalue weighted by Gasteiger charge is 2.43. The maximum atomic E-state index is 12.1. The van der Waals surface area contributed by atoms with Crippen molar-refractivity contribution in [3.8, 4) is 6.07 Å². The molecule has 12 nitrogen and oxygen atoms in total. The molecule has 0 saturated heterocycles. The summed E-state index contributed by atoms with van der Waals surface area (Å²) in [6.07, 6.45) is 8.18. The Morgan fingerprint density at radius 1 is 0.943 bits per heavy atom. The van der Waals surface area contributed by atoms with E-state index in [1.807, 2.05) is 32.0 Å². The summed E-state index contributed by atoms with van der Waals surface area (Å²) in [5.41, 5.74) is 4.25. The third-order valence-corrected chi connectivity index (χ3v) is 11.4. The maximum absolute atomic E-state index is 12.1. The normalized spacial score (nSPS) is 22.7. The van der Waals surface area contributed by atoms with Crippen LogP contribution in [0.15, 0.2) is 92.3 Å². The Hall–Kier alpha value is -5.50. The Morgan fingerprint density at radius 3 is 2.17 bits per heavy atom. The lowest BCUT2D eigenvalue weighted by Crippen LogP contribution is -2.30. The fourth-order valence-electron chi connectivity index (χ4n) is 7.46. The molecule has 2 aromatic rings. The Labute approximate surface area is 309 Å². The number of fused-ring (bicyclic) bond motifs is 2. The zero-order valence-corrected chi connectivity index (χ0v) is 30.7. The van der Waals surface area contributed by atoms with Crippen LogP contribution in [0.5, 0.6) is 0 Å². The van der Waals surface area contributed by atoms with Crippen molar-refractivity contribution < 1.29 is 37.9 Å². The number of anilines is 1. The van der Waals surface area contributed by atoms with Crippen LogP contribution in [0, 0.1) is 24.8 Å². The quantitative estimate of drug-likeness (QED) is 0.0511. The summed E-state index contributed by atoms with van der Waals surface area (Å²) in [6.45, 7) is 13.8. The van der Waals surface area contributed by atoms with Gasteiger partial charge in [0.25, 0.3) is 15.8 Å². The van der Waals surface area contributed by atoms with Gasteiger partial charge in [0, 0.05) is 51.8 Å². The number of nitrogens with zero attached hydrogens (tertiary/aromatic N) is 3. The van der Waals surface area contributed by atoms with E-state index in [1.165, 1.54) is 18.2 Å². The van der Waals surface area contributed by atoms with Gasteiger partial charge >= 0.3 is 11.9 Å². The summed E-state index contributed by atoms with van der Waals surface area (Å²) < 4.78 is 34.0. The van der Waals surface area contributed by atoms with Crippen LogP contribution >= 0.6 is 0 Å². The lowest BCUT2D eigenvalue weighted by molar-refractivity contribution is -0.138. The number of carbonyl (C=O) groups is 2. The van der Waals surface area contributed by atoms with E-state index < -0.39 is 32.9 Å². The van der Waals surface area contributed by atoms with E-state index in [9.17, 15) is 32.9 Å². The molecule has 0 spiro atoms. The van der Waals surface area contributed by atoms with E-state index in [-0.39, 0.29) is 40.3 Å². The second-order valence-electron chi connectivity index (χ2n) is 14.2. The maximum Gasteiger partial charge on any atom is 0.303 e. The number of unbranched alkanes of at least 4 members (excludes halogenated alkanes) is 4. The Kier molecular flexibility index (Phi) is 11.1. The Morgan fingerprint density at radius 2 is 1.58 bits per heavy atom. The van der Waals surface area contributed by atoms with Crippen LogP contribution in [0.4, 0.5) is 11.4 Å². The molecule has 5 rings (SSSR count). The first-order valence-corrected chi connectivity index (χ1v) is 18.9. The van der Waals surface area contributed by atoms with Crippen molar-refractivity contribution in [1.82, 2.24) is 0 Å². The first-order chi connectivity index (χ1) is 25.0. The van der Waals surface area contributed by atoms with Crippen LogP contribution in [0.25, 0.3) is 4.85 Å². The van der Waals surface area contributed by atoms with Crippen LogP contribution in [0.3, 0.4) is 0 Å². The lowest BCUT2D eigenvalue weighted by atomic mass is 9.72. The average molecular weight is 739 g/mol. The number of carboxylic acids is 2. The number of allylic oxidation sites excluding steroid dienone is 6. The minimum atomic E-state index is -4.54. The number of aliphatic carboxylic acids is 2. The van der Waals surface area contributed by atoms with Gasteiger partial charge in [-0.15, -0.1) is 0 Å². The number of hydrogen-bond acceptors (Lipinski definition) is 8. The summed E-state index contributed by atoms with van der Waals surface area (Å²) in [5, 5.41) is 43.4. The summed E-state index contributed by atoms with van der Waals surface area (Å²) in [5.74, 6) is -1.89. The molecule has 1 aliphatic carbocycles. The van der Waals surface area contributed by atoms with E-state index >= 15 is 0 Å². The van der Waals surface area contributed by atoms with Gasteiger partial charge < -0.3 is 20.6 Å². The topological polar surface area (TPSA) is 202 Å². The first-order valence-electron chi connectivity index (χ1n) is 17.5. The van der Waals surface area contributed by atoms with E-state index in [0.717, 1.165) is 28.9 Å². The average Bonchev–Trinajstić information content (AvgIpc) is 3.53. The molecule has 276 valence electrons. The van der Waals surface area contributed by atoms with Crippen molar-refractivity contribution in [2.45, 2.75) is 101 Å². The molecule has 13 heteroatoms. The van der Waals surface area contributed by atoms with Gasteiger partial charge in [0.05, 0.1) is 28.9 Å². The second kappa shape index (κ2) is 15.2. The third kappa shape index (κ3) is 7.82. The SMILES string of the molecule is [C-]#[N+]/C(C#N)=C1/C(=CC2=Nc3ccc(S(=O)(=O)O)cc3C2(C)CCCCCC(=O)O)C(O)=C1C=C1Nc2ccc(C)cc2C1(C)CCCCCC(=O)O. The van der Waals surface area contributed by atoms with E-state index in [4.69, 9.17) is 21.8 Å². The van der Waals surface area contributed by atoms with E-state index in [0.29, 0.717) is 67.5 Å². The van der Waals surface area contributed by atoms with Gasteiger partial charge in [0.1, 0.15) is 5.76 Å². The van der Waals surface area contributed by atoms with Crippen LogP contribution in [0.2, 0.25) is 0 Å². The largest absolute Gasteiger partial charge is 0.507 e. The third-order valence-electron chi connectivity index (χ3n) is 10.5. The molecule has 2 heterocycles. The van der Waals surface area contributed by atoms with Crippen molar-refractivity contribution in [3.05, 3.63) is 111 Å². The fraction of sp³-hybridized carbons (Fsp3) is 0.375. The minimum Gasteiger partial charge on any atom is -0.507 e. The molecule has 2 unspecified atom stereocenters. The molecule has 5 N–H and O–H groups in total. The molecule has 53 heavy (non-hydrogen) atoms. The number of aliphatic hydroxyl groups is 1. The number of hydrogen-bond donors (Lipinski definition) is 5. The number of nitriles is 1. The van der Waals surface area contributed by atoms with Gasteiger partial charge in [-0.2, -0.15) is 8.42 Å². The molecule has 2 aromatic carbocycles. The molecule has 0 radical (unpaired) electrons. The molecule has 0 bridgehead atoms. The number of aliphatic imine (C=N–C) groups is 1. The number of aliphatic hydroxyl groups excluding tert-OH is 1. The summed E-state index contributed by atoms with van der Waals surface area (Å²) in [7, 11) is -4.54. The van der Waals surface area contributed by atoms with Gasteiger partial charge in [-0.3, -0.25) is 19.1 Å². The van der Waals surface area contributed by atoms with Gasteiger partial charge in [0.15, 0.2) is 0 Å². The highest BCUT2D eigenvalue weighted by Crippen LogP contribution is 2.51. The fourth-order valence-corrected chi connectivity index (χ4v) is 7.97. The molecular weight excluding hydrogens is 697 g/mol. The highest BCUT2D eigenvalue weighted by atomic mass is 32.2. The monoisotopic (exact) mass is 738 g/mol. The van der Waals surface area contributed by atoms with Gasteiger partial charge in [-0.1, -0.05) is 43.4 Å². The zero-order chi connectivity index (χ0) is 38.7. The standard InChI is InChI=1S/C40H42N4O8S/c1-24-13-15-30-28(19-24)39(2,17-9-5-7-11-35(45)46)33(43-30)21-26-37(32(23-41)42-4)27(38(26)49)22-34-40(3,18-10-6-8-12-36(47)48)29-20-25(53(50,51)52)14-16-31(29)44-34/h13-16,19-22,43,49H,5-12,17-18H2,1-3H3,(H,45,46)(H,47,48)(H,50,51,52)/b27-22?,33-21?,37-32+. The summed E-state index contributed by atoms with van der Waals surface area (Å²) in [4.78, 5) is 30.1. The molecule has 2 atom stereocenters. The minimum absolute atomic E-state index is 0.00713. The second-order valence-corrected chi connectivity index (χ2v) is 15.6. The Bertz CT molecular complexity index is 2220. The molecule has 0 amide bonds. The van der Waals surface area contributed by atoms with Crippen molar-refractivity contribution in [2.75, 3.05) is 5.32 Å². The number of aryl methyl sites for hydroxylation is 1. The van der Waals surface area contributed by atoms with Crippen LogP contribution < -0.4 is 5.32 Å². The lowest BCUT2D eigenvalue weighted by Gasteiger charge is -2.32. The predicted octanol–water partition coefficient (Wildman–Crippen LogP) is 8.37. The Balaban J connectivity index is 1.57. The number of nitrogens with one attached hydrogen (secondary N) is 1. The summed E-state index contributed by atoms with van der Waals surface area (Å²) in [6, 6.07) is 12.1. The molecule has 3 aliphatic rings. The van der Waals surface area contributed by atoms with Gasteiger partial charge in [-0.05, 0) is 94.0 Å². The molecule has 0 saturated carbocycles.